The van der Waals surface area contributed by atoms with Crippen LogP contribution in [-0.2, 0) is 6.54 Å². The first-order chi connectivity index (χ1) is 10.6. The molecule has 0 spiro atoms. The van der Waals surface area contributed by atoms with Crippen LogP contribution in [0.15, 0.2) is 48.7 Å². The molecular weight excluding hydrogens is 279 g/mol. The van der Waals surface area contributed by atoms with Crippen LogP contribution in [0.25, 0.3) is 11.4 Å². The molecule has 0 aliphatic rings. The Balaban J connectivity index is 2.04. The molecule has 0 amide bonds. The first-order valence-electron chi connectivity index (χ1n) is 7.12. The van der Waals surface area contributed by atoms with Gasteiger partial charge in [0.1, 0.15) is 17.4 Å². The molecule has 22 heavy (non-hydrogen) atoms. The molecule has 0 saturated heterocycles. The Kier molecular flexibility index (Phi) is 3.67. The van der Waals surface area contributed by atoms with Crippen LogP contribution in [0.2, 0.25) is 0 Å². The lowest BCUT2D eigenvalue weighted by Gasteiger charge is -2.12. The van der Waals surface area contributed by atoms with Crippen molar-refractivity contribution < 1.29 is 9.50 Å². The summed E-state index contributed by atoms with van der Waals surface area (Å²) in [5.41, 5.74) is 3.10. The third-order valence-electron chi connectivity index (χ3n) is 3.81. The van der Waals surface area contributed by atoms with Crippen molar-refractivity contribution in [3.05, 3.63) is 71.3 Å². The molecule has 3 nitrogen and oxygen atoms in total. The largest absolute Gasteiger partial charge is 0.508 e. The number of aryl methyl sites for hydroxylation is 2. The number of nitrogens with zero attached hydrogens (tertiary/aromatic N) is 2. The number of rotatable bonds is 3. The Hall–Kier alpha value is -2.62. The molecule has 0 atom stereocenters. The highest BCUT2D eigenvalue weighted by Crippen LogP contribution is 2.25. The quantitative estimate of drug-likeness (QED) is 0.791. The van der Waals surface area contributed by atoms with Gasteiger partial charge < -0.3 is 9.67 Å². The van der Waals surface area contributed by atoms with Crippen LogP contribution < -0.4 is 0 Å². The molecule has 4 heteroatoms. The van der Waals surface area contributed by atoms with Crippen LogP contribution in [-0.4, -0.2) is 14.7 Å². The van der Waals surface area contributed by atoms with Crippen molar-refractivity contribution in [2.24, 2.45) is 0 Å². The summed E-state index contributed by atoms with van der Waals surface area (Å²) in [6.45, 7) is 4.17. The molecular formula is C18H17FN2O. The summed E-state index contributed by atoms with van der Waals surface area (Å²) in [6, 6.07) is 12.3. The van der Waals surface area contributed by atoms with Gasteiger partial charge in [-0.1, -0.05) is 30.3 Å². The second kappa shape index (κ2) is 5.64. The number of hydrogen-bond acceptors (Lipinski definition) is 2. The maximum absolute atomic E-state index is 13.8. The van der Waals surface area contributed by atoms with E-state index in [2.05, 4.69) is 4.98 Å². The molecule has 0 fully saturated rings. The summed E-state index contributed by atoms with van der Waals surface area (Å²) in [5, 5.41) is 9.95. The van der Waals surface area contributed by atoms with Crippen LogP contribution in [0.3, 0.4) is 0 Å². The molecule has 112 valence electrons. The zero-order valence-electron chi connectivity index (χ0n) is 12.5. The Morgan fingerprint density at radius 3 is 2.64 bits per heavy atom. The number of benzene rings is 2. The van der Waals surface area contributed by atoms with Crippen LogP contribution in [0, 0.1) is 19.7 Å². The van der Waals surface area contributed by atoms with Gasteiger partial charge in [0.25, 0.3) is 0 Å². The first-order valence-corrected chi connectivity index (χ1v) is 7.12. The number of halogens is 1. The lowest BCUT2D eigenvalue weighted by Crippen LogP contribution is -2.04. The van der Waals surface area contributed by atoms with Gasteiger partial charge in [-0.3, -0.25) is 0 Å². The van der Waals surface area contributed by atoms with Crippen molar-refractivity contribution in [1.82, 2.24) is 9.55 Å². The highest BCUT2D eigenvalue weighted by molar-refractivity contribution is 5.57. The first kappa shape index (κ1) is 14.3. The smallest absolute Gasteiger partial charge is 0.140 e. The molecule has 2 aromatic carbocycles. The van der Waals surface area contributed by atoms with Gasteiger partial charge in [0, 0.05) is 23.0 Å². The van der Waals surface area contributed by atoms with Crippen LogP contribution in [0.5, 0.6) is 5.75 Å². The van der Waals surface area contributed by atoms with Gasteiger partial charge >= 0.3 is 0 Å². The van der Waals surface area contributed by atoms with E-state index in [-0.39, 0.29) is 11.6 Å². The monoisotopic (exact) mass is 296 g/mol. The van der Waals surface area contributed by atoms with Crippen molar-refractivity contribution in [3.8, 4) is 17.1 Å². The number of aromatic hydroxyl groups is 1. The molecule has 1 aromatic heterocycles. The summed E-state index contributed by atoms with van der Waals surface area (Å²) in [6.07, 6.45) is 1.76. The Morgan fingerprint density at radius 2 is 1.91 bits per heavy atom. The lowest BCUT2D eigenvalue weighted by molar-refractivity contribution is 0.466. The zero-order chi connectivity index (χ0) is 15.7. The number of para-hydroxylation sites is 1. The predicted molar refractivity (Wildman–Crippen MR) is 84.3 cm³/mol. The molecule has 0 bridgehead atoms. The molecule has 3 rings (SSSR count). The minimum absolute atomic E-state index is 0.243. The molecule has 0 radical (unpaired) electrons. The van der Waals surface area contributed by atoms with Crippen molar-refractivity contribution in [1.29, 1.82) is 0 Å². The number of phenolic OH excluding ortho intramolecular Hbond substituents is 1. The second-order valence-corrected chi connectivity index (χ2v) is 5.40. The fourth-order valence-corrected chi connectivity index (χ4v) is 2.44. The maximum Gasteiger partial charge on any atom is 0.140 e. The van der Waals surface area contributed by atoms with E-state index >= 15 is 0 Å². The fraction of sp³-hybridized carbons (Fsp3) is 0.167. The van der Waals surface area contributed by atoms with Crippen molar-refractivity contribution in [2.75, 3.05) is 0 Å². The van der Waals surface area contributed by atoms with Gasteiger partial charge in [-0.2, -0.15) is 0 Å². The normalized spacial score (nSPS) is 10.9. The van der Waals surface area contributed by atoms with Crippen molar-refractivity contribution in [3.63, 3.8) is 0 Å². The highest BCUT2D eigenvalue weighted by atomic mass is 19.1. The van der Waals surface area contributed by atoms with Crippen LogP contribution in [0.1, 0.15) is 16.8 Å². The van der Waals surface area contributed by atoms with Gasteiger partial charge in [-0.05, 0) is 31.5 Å². The lowest BCUT2D eigenvalue weighted by atomic mass is 10.1. The SMILES string of the molecule is Cc1ccc(-c2ncc(C)n2Cc2ccccc2O)cc1F. The minimum Gasteiger partial charge on any atom is -0.508 e. The van der Waals surface area contributed by atoms with E-state index in [1.165, 1.54) is 6.07 Å². The van der Waals surface area contributed by atoms with Gasteiger partial charge in [-0.15, -0.1) is 0 Å². The van der Waals surface area contributed by atoms with Gasteiger partial charge in [0.05, 0.1) is 6.54 Å². The van der Waals surface area contributed by atoms with E-state index in [1.807, 2.05) is 29.7 Å². The highest BCUT2D eigenvalue weighted by Gasteiger charge is 2.12. The van der Waals surface area contributed by atoms with Crippen molar-refractivity contribution >= 4 is 0 Å². The second-order valence-electron chi connectivity index (χ2n) is 5.40. The zero-order valence-corrected chi connectivity index (χ0v) is 12.5. The molecule has 1 N–H and O–H groups in total. The third kappa shape index (κ3) is 2.60. The van der Waals surface area contributed by atoms with E-state index in [0.29, 0.717) is 17.9 Å². The molecule has 0 unspecified atom stereocenters. The number of imidazole rings is 1. The molecule has 3 aromatic rings. The fourth-order valence-electron chi connectivity index (χ4n) is 2.44. The maximum atomic E-state index is 13.8. The van der Waals surface area contributed by atoms with Gasteiger partial charge in [-0.25, -0.2) is 9.37 Å². The van der Waals surface area contributed by atoms with Crippen molar-refractivity contribution in [2.45, 2.75) is 20.4 Å². The number of hydrogen-bond donors (Lipinski definition) is 1. The Morgan fingerprint density at radius 1 is 1.14 bits per heavy atom. The van der Waals surface area contributed by atoms with Crippen LogP contribution >= 0.6 is 0 Å². The molecule has 0 aliphatic carbocycles. The predicted octanol–water partition coefficient (Wildman–Crippen LogP) is 4.06. The van der Waals surface area contributed by atoms with E-state index < -0.39 is 0 Å². The summed E-state index contributed by atoms with van der Waals surface area (Å²) in [4.78, 5) is 4.40. The van der Waals surface area contributed by atoms with E-state index in [1.54, 1.807) is 31.3 Å². The third-order valence-corrected chi connectivity index (χ3v) is 3.81. The summed E-state index contributed by atoms with van der Waals surface area (Å²) in [7, 11) is 0. The van der Waals surface area contributed by atoms with E-state index in [0.717, 1.165) is 16.8 Å². The topological polar surface area (TPSA) is 38.0 Å². The van der Waals surface area contributed by atoms with Crippen LogP contribution in [0.4, 0.5) is 4.39 Å². The summed E-state index contributed by atoms with van der Waals surface area (Å²) >= 11 is 0. The van der Waals surface area contributed by atoms with E-state index in [9.17, 15) is 9.50 Å². The molecule has 0 aliphatic heterocycles. The average molecular weight is 296 g/mol. The number of phenols is 1. The van der Waals surface area contributed by atoms with Gasteiger partial charge in [0.2, 0.25) is 0 Å². The standard InChI is InChI=1S/C18H17FN2O/c1-12-7-8-14(9-16(12)19)18-20-10-13(2)21(18)11-15-5-3-4-6-17(15)22/h3-10,22H,11H2,1-2H3. The Labute approximate surface area is 128 Å². The summed E-state index contributed by atoms with van der Waals surface area (Å²) < 4.78 is 15.8. The Bertz CT molecular complexity index is 824. The average Bonchev–Trinajstić information content (AvgIpc) is 2.86. The summed E-state index contributed by atoms with van der Waals surface area (Å²) in [5.74, 6) is 0.698. The van der Waals surface area contributed by atoms with Gasteiger partial charge in [0.15, 0.2) is 0 Å². The minimum atomic E-state index is -0.243. The number of aromatic nitrogens is 2. The molecule has 1 heterocycles. The van der Waals surface area contributed by atoms with E-state index in [4.69, 9.17) is 0 Å². The molecule has 0 saturated carbocycles.